The molecule has 0 radical (unpaired) electrons. The van der Waals surface area contributed by atoms with E-state index in [2.05, 4.69) is 26.6 Å². The van der Waals surface area contributed by atoms with Crippen LogP contribution in [0.15, 0.2) is 28.2 Å². The Morgan fingerprint density at radius 3 is 2.43 bits per heavy atom. The molecule has 110 valence electrons. The number of nitrogens with one attached hydrogen (secondary N) is 2. The molecule has 0 bridgehead atoms. The molecule has 2 N–H and O–H groups in total. The molecule has 1 aromatic carbocycles. The summed E-state index contributed by atoms with van der Waals surface area (Å²) in [4.78, 5) is 23.7. The van der Waals surface area contributed by atoms with Crippen LogP contribution in [-0.2, 0) is 9.59 Å². The maximum absolute atomic E-state index is 11.9. The third kappa shape index (κ3) is 3.89. The van der Waals surface area contributed by atoms with Crippen LogP contribution in [-0.4, -0.2) is 23.0 Å². The van der Waals surface area contributed by atoms with Crippen molar-refractivity contribution in [2.45, 2.75) is 20.0 Å². The molecule has 1 aliphatic heterocycles. The number of rotatable bonds is 3. The highest BCUT2D eigenvalue weighted by Crippen LogP contribution is 2.26. The summed E-state index contributed by atoms with van der Waals surface area (Å²) in [6.45, 7) is 3.80. The zero-order chi connectivity index (χ0) is 15.6. The van der Waals surface area contributed by atoms with Crippen LogP contribution < -0.4 is 15.4 Å². The van der Waals surface area contributed by atoms with Crippen LogP contribution >= 0.6 is 28.1 Å². The molecule has 1 aromatic rings. The summed E-state index contributed by atoms with van der Waals surface area (Å²) in [5.41, 5.74) is 0.612. The van der Waals surface area contributed by atoms with Crippen molar-refractivity contribution in [2.75, 3.05) is 0 Å². The number of carbonyl (C=O) groups excluding carboxylic acids is 2. The summed E-state index contributed by atoms with van der Waals surface area (Å²) in [6, 6.07) is 5.38. The van der Waals surface area contributed by atoms with Gasteiger partial charge in [0.1, 0.15) is 11.3 Å². The van der Waals surface area contributed by atoms with Crippen molar-refractivity contribution >= 4 is 51.2 Å². The zero-order valence-corrected chi connectivity index (χ0v) is 13.8. The first kappa shape index (κ1) is 15.7. The molecule has 0 spiro atoms. The van der Waals surface area contributed by atoms with Gasteiger partial charge in [-0.15, -0.1) is 0 Å². The number of benzene rings is 1. The Labute approximate surface area is 135 Å². The van der Waals surface area contributed by atoms with Gasteiger partial charge < -0.3 is 4.74 Å². The van der Waals surface area contributed by atoms with E-state index in [9.17, 15) is 9.59 Å². The van der Waals surface area contributed by atoms with Crippen molar-refractivity contribution in [3.8, 4) is 5.75 Å². The van der Waals surface area contributed by atoms with E-state index in [1.165, 1.54) is 6.08 Å². The molecule has 2 rings (SSSR count). The van der Waals surface area contributed by atoms with Crippen LogP contribution in [0.1, 0.15) is 19.4 Å². The molecule has 7 heteroatoms. The van der Waals surface area contributed by atoms with Crippen molar-refractivity contribution < 1.29 is 14.3 Å². The topological polar surface area (TPSA) is 67.4 Å². The highest BCUT2D eigenvalue weighted by atomic mass is 79.9. The quantitative estimate of drug-likeness (QED) is 0.487. The van der Waals surface area contributed by atoms with Gasteiger partial charge in [0.2, 0.25) is 0 Å². The predicted octanol–water partition coefficient (Wildman–Crippen LogP) is 2.15. The number of amides is 2. The SMILES string of the molecule is CC(C)Oc1ccc(Br)cc1C=C1C(=O)NC(=S)NC1=O. The normalized spacial score (nSPS) is 14.9. The largest absolute Gasteiger partial charge is 0.490 e. The summed E-state index contributed by atoms with van der Waals surface area (Å²) < 4.78 is 6.50. The minimum Gasteiger partial charge on any atom is -0.490 e. The molecular formula is C14H13BrN2O3S. The lowest BCUT2D eigenvalue weighted by Crippen LogP contribution is -2.51. The van der Waals surface area contributed by atoms with Gasteiger partial charge in [0.15, 0.2) is 5.11 Å². The van der Waals surface area contributed by atoms with Gasteiger partial charge in [-0.1, -0.05) is 15.9 Å². The molecular weight excluding hydrogens is 356 g/mol. The molecule has 0 atom stereocenters. The monoisotopic (exact) mass is 368 g/mol. The number of hydrogen-bond donors (Lipinski definition) is 2. The van der Waals surface area contributed by atoms with E-state index in [1.807, 2.05) is 19.9 Å². The maximum atomic E-state index is 11.9. The van der Waals surface area contributed by atoms with Gasteiger partial charge in [0.05, 0.1) is 6.10 Å². The van der Waals surface area contributed by atoms with Gasteiger partial charge in [-0.3, -0.25) is 20.2 Å². The second-order valence-corrected chi connectivity index (χ2v) is 5.97. The first-order valence-corrected chi connectivity index (χ1v) is 7.41. The maximum Gasteiger partial charge on any atom is 0.263 e. The van der Waals surface area contributed by atoms with Gasteiger partial charge in [-0.05, 0) is 50.3 Å². The zero-order valence-electron chi connectivity index (χ0n) is 11.4. The smallest absolute Gasteiger partial charge is 0.263 e. The van der Waals surface area contributed by atoms with Crippen LogP contribution in [0.2, 0.25) is 0 Å². The summed E-state index contributed by atoms with van der Waals surface area (Å²) in [5, 5.41) is 4.80. The molecule has 0 aromatic heterocycles. The lowest BCUT2D eigenvalue weighted by molar-refractivity contribution is -0.123. The van der Waals surface area contributed by atoms with E-state index in [-0.39, 0.29) is 16.8 Å². The molecule has 0 aliphatic carbocycles. The third-order valence-electron chi connectivity index (χ3n) is 2.58. The van der Waals surface area contributed by atoms with Crippen LogP contribution in [0.25, 0.3) is 6.08 Å². The third-order valence-corrected chi connectivity index (χ3v) is 3.28. The van der Waals surface area contributed by atoms with Crippen molar-refractivity contribution in [3.63, 3.8) is 0 Å². The summed E-state index contributed by atoms with van der Waals surface area (Å²) in [6.07, 6.45) is 1.46. The number of halogens is 1. The number of hydrogen-bond acceptors (Lipinski definition) is 4. The highest BCUT2D eigenvalue weighted by molar-refractivity contribution is 9.10. The second-order valence-electron chi connectivity index (χ2n) is 4.64. The van der Waals surface area contributed by atoms with Gasteiger partial charge >= 0.3 is 0 Å². The average Bonchev–Trinajstić information content (AvgIpc) is 2.36. The number of ether oxygens (including phenoxy) is 1. The van der Waals surface area contributed by atoms with Gasteiger partial charge in [-0.25, -0.2) is 0 Å². The van der Waals surface area contributed by atoms with Crippen LogP contribution in [0, 0.1) is 0 Å². The molecule has 0 saturated carbocycles. The lowest BCUT2D eigenvalue weighted by atomic mass is 10.1. The number of carbonyl (C=O) groups is 2. The molecule has 2 amide bonds. The lowest BCUT2D eigenvalue weighted by Gasteiger charge is -2.17. The van der Waals surface area contributed by atoms with E-state index in [0.717, 1.165) is 4.47 Å². The number of thiocarbonyl (C=S) groups is 1. The summed E-state index contributed by atoms with van der Waals surface area (Å²) in [7, 11) is 0. The van der Waals surface area contributed by atoms with E-state index >= 15 is 0 Å². The average molecular weight is 369 g/mol. The fraction of sp³-hybridized carbons (Fsp3) is 0.214. The van der Waals surface area contributed by atoms with Gasteiger partial charge in [0.25, 0.3) is 11.8 Å². The Morgan fingerprint density at radius 2 is 1.86 bits per heavy atom. The standard InChI is InChI=1S/C14H13BrN2O3S/c1-7(2)20-11-4-3-9(15)5-8(11)6-10-12(18)16-14(21)17-13(10)19/h3-7H,1-2H3,(H2,16,17,18,19,21). The van der Waals surface area contributed by atoms with Crippen molar-refractivity contribution in [1.82, 2.24) is 10.6 Å². The minimum atomic E-state index is -0.528. The molecule has 1 aliphatic rings. The Morgan fingerprint density at radius 1 is 1.24 bits per heavy atom. The van der Waals surface area contributed by atoms with E-state index < -0.39 is 11.8 Å². The van der Waals surface area contributed by atoms with Gasteiger partial charge in [0, 0.05) is 10.0 Å². The predicted molar refractivity (Wildman–Crippen MR) is 86.8 cm³/mol. The molecule has 1 fully saturated rings. The Kier molecular flexibility index (Phi) is 4.74. The Bertz CT molecular complexity index is 634. The first-order valence-electron chi connectivity index (χ1n) is 6.21. The molecule has 21 heavy (non-hydrogen) atoms. The Hall–Kier alpha value is -1.73. The van der Waals surface area contributed by atoms with E-state index in [0.29, 0.717) is 11.3 Å². The van der Waals surface area contributed by atoms with Crippen LogP contribution in [0.5, 0.6) is 5.75 Å². The van der Waals surface area contributed by atoms with Crippen molar-refractivity contribution in [3.05, 3.63) is 33.8 Å². The molecule has 1 saturated heterocycles. The van der Waals surface area contributed by atoms with Crippen molar-refractivity contribution in [1.29, 1.82) is 0 Å². The van der Waals surface area contributed by atoms with E-state index in [1.54, 1.807) is 12.1 Å². The Balaban J connectivity index is 2.43. The van der Waals surface area contributed by atoms with E-state index in [4.69, 9.17) is 17.0 Å². The summed E-state index contributed by atoms with van der Waals surface area (Å²) in [5.74, 6) is -0.465. The fourth-order valence-electron chi connectivity index (χ4n) is 1.76. The molecule has 0 unspecified atom stereocenters. The minimum absolute atomic E-state index is 0.00930. The summed E-state index contributed by atoms with van der Waals surface area (Å²) >= 11 is 8.12. The second kappa shape index (κ2) is 6.36. The van der Waals surface area contributed by atoms with Crippen LogP contribution in [0.4, 0.5) is 0 Å². The molecule has 5 nitrogen and oxygen atoms in total. The highest BCUT2D eigenvalue weighted by Gasteiger charge is 2.26. The van der Waals surface area contributed by atoms with Gasteiger partial charge in [-0.2, -0.15) is 0 Å². The molecule has 1 heterocycles. The first-order chi connectivity index (χ1) is 9.86. The van der Waals surface area contributed by atoms with Crippen molar-refractivity contribution in [2.24, 2.45) is 0 Å². The fourth-order valence-corrected chi connectivity index (χ4v) is 2.32. The van der Waals surface area contributed by atoms with Crippen LogP contribution in [0.3, 0.4) is 0 Å².